The lowest BCUT2D eigenvalue weighted by atomic mass is 10.4. The number of anilines is 2. The third-order valence-corrected chi connectivity index (χ3v) is 1.54. The zero-order chi connectivity index (χ0) is 11.4. The molecule has 0 aromatic carbocycles. The van der Waals surface area contributed by atoms with E-state index in [0.717, 1.165) is 0 Å². The maximum atomic E-state index is 10.6. The molecule has 7 heteroatoms. The van der Waals surface area contributed by atoms with Crippen LogP contribution in [0.2, 0.25) is 0 Å². The molecule has 0 radical (unpaired) electrons. The summed E-state index contributed by atoms with van der Waals surface area (Å²) in [5.41, 5.74) is 5.48. The van der Waals surface area contributed by atoms with E-state index in [2.05, 4.69) is 20.5 Å². The highest BCUT2D eigenvalue weighted by atomic mass is 16.5. The summed E-state index contributed by atoms with van der Waals surface area (Å²) in [6.45, 7) is 3.62. The van der Waals surface area contributed by atoms with Gasteiger partial charge in [0.15, 0.2) is 5.82 Å². The molecule has 0 saturated heterocycles. The van der Waals surface area contributed by atoms with Crippen molar-refractivity contribution < 1.29 is 4.74 Å². The molecule has 3 N–H and O–H groups in total. The van der Waals surface area contributed by atoms with E-state index in [1.165, 1.54) is 0 Å². The first-order chi connectivity index (χ1) is 7.08. The highest BCUT2D eigenvalue weighted by molar-refractivity contribution is 5.67. The van der Waals surface area contributed by atoms with E-state index in [1.54, 1.807) is 7.05 Å². The fourth-order valence-corrected chi connectivity index (χ4v) is 1.01. The Morgan fingerprint density at radius 3 is 2.60 bits per heavy atom. The van der Waals surface area contributed by atoms with Gasteiger partial charge in [0.2, 0.25) is 11.6 Å². The van der Waals surface area contributed by atoms with Crippen molar-refractivity contribution >= 4 is 17.5 Å². The van der Waals surface area contributed by atoms with Gasteiger partial charge in [-0.15, -0.1) is 4.91 Å². The zero-order valence-electron chi connectivity index (χ0n) is 8.81. The predicted octanol–water partition coefficient (Wildman–Crippen LogP) is 1.29. The highest BCUT2D eigenvalue weighted by Crippen LogP contribution is 2.33. The third kappa shape index (κ3) is 2.52. The molecule has 0 bridgehead atoms. The molecule has 1 rings (SSSR count). The molecule has 1 heterocycles. The number of nitrogens with zero attached hydrogens (tertiary/aromatic N) is 3. The molecule has 0 aliphatic heterocycles. The van der Waals surface area contributed by atoms with E-state index in [9.17, 15) is 4.91 Å². The van der Waals surface area contributed by atoms with Gasteiger partial charge in [0.1, 0.15) is 0 Å². The Kier molecular flexibility index (Phi) is 3.37. The van der Waals surface area contributed by atoms with Gasteiger partial charge in [-0.2, -0.15) is 9.97 Å². The van der Waals surface area contributed by atoms with E-state index in [0.29, 0.717) is 0 Å². The van der Waals surface area contributed by atoms with E-state index >= 15 is 0 Å². The molecule has 0 unspecified atom stereocenters. The first-order valence-corrected chi connectivity index (χ1v) is 4.43. The van der Waals surface area contributed by atoms with Crippen molar-refractivity contribution in [1.29, 1.82) is 0 Å². The second-order valence-corrected chi connectivity index (χ2v) is 3.09. The summed E-state index contributed by atoms with van der Waals surface area (Å²) in [4.78, 5) is 18.2. The maximum Gasteiger partial charge on any atom is 0.251 e. The fraction of sp³-hybridized carbons (Fsp3) is 0.500. The molecule has 1 aromatic heterocycles. The smallest absolute Gasteiger partial charge is 0.251 e. The number of rotatable bonds is 4. The van der Waals surface area contributed by atoms with Gasteiger partial charge in [0, 0.05) is 7.05 Å². The third-order valence-electron chi connectivity index (χ3n) is 1.54. The van der Waals surface area contributed by atoms with Crippen molar-refractivity contribution in [3.8, 4) is 5.88 Å². The molecule has 15 heavy (non-hydrogen) atoms. The van der Waals surface area contributed by atoms with Gasteiger partial charge in [-0.05, 0) is 19.0 Å². The lowest BCUT2D eigenvalue weighted by Crippen LogP contribution is -2.10. The van der Waals surface area contributed by atoms with Crippen molar-refractivity contribution in [3.05, 3.63) is 4.91 Å². The Balaban J connectivity index is 3.22. The summed E-state index contributed by atoms with van der Waals surface area (Å²) in [7, 11) is 1.61. The summed E-state index contributed by atoms with van der Waals surface area (Å²) >= 11 is 0. The number of nitrogens with two attached hydrogens (primary N) is 1. The number of nitrogens with one attached hydrogen (secondary N) is 1. The SMILES string of the molecule is CNc1nc(N)nc(OC(C)C)c1N=O. The highest BCUT2D eigenvalue weighted by Gasteiger charge is 2.15. The Bertz CT molecular complexity index is 366. The zero-order valence-corrected chi connectivity index (χ0v) is 8.81. The van der Waals surface area contributed by atoms with Crippen LogP contribution in [0, 0.1) is 4.91 Å². The molecule has 0 spiro atoms. The quantitative estimate of drug-likeness (QED) is 0.727. The van der Waals surface area contributed by atoms with Crippen LogP contribution in [-0.2, 0) is 0 Å². The van der Waals surface area contributed by atoms with Gasteiger partial charge in [0.05, 0.1) is 6.10 Å². The van der Waals surface area contributed by atoms with Crippen LogP contribution < -0.4 is 15.8 Å². The normalized spacial score (nSPS) is 10.1. The Hall–Kier alpha value is -1.92. The fourth-order valence-electron chi connectivity index (χ4n) is 1.01. The van der Waals surface area contributed by atoms with Crippen LogP contribution in [0.15, 0.2) is 5.18 Å². The maximum absolute atomic E-state index is 10.6. The van der Waals surface area contributed by atoms with E-state index in [-0.39, 0.29) is 29.4 Å². The topological polar surface area (TPSA) is 102 Å². The summed E-state index contributed by atoms with van der Waals surface area (Å²) in [6, 6.07) is 0. The van der Waals surface area contributed by atoms with Gasteiger partial charge in [-0.1, -0.05) is 0 Å². The molecule has 1 aromatic rings. The Morgan fingerprint density at radius 2 is 2.13 bits per heavy atom. The summed E-state index contributed by atoms with van der Waals surface area (Å²) in [6.07, 6.45) is -0.121. The molecule has 0 saturated carbocycles. The second-order valence-electron chi connectivity index (χ2n) is 3.09. The van der Waals surface area contributed by atoms with Crippen LogP contribution in [0.5, 0.6) is 5.88 Å². The molecule has 0 aliphatic rings. The van der Waals surface area contributed by atoms with Crippen LogP contribution in [-0.4, -0.2) is 23.1 Å². The van der Waals surface area contributed by atoms with E-state index in [4.69, 9.17) is 10.5 Å². The van der Waals surface area contributed by atoms with Crippen LogP contribution in [0.1, 0.15) is 13.8 Å². The number of hydrogen-bond donors (Lipinski definition) is 2. The van der Waals surface area contributed by atoms with Crippen LogP contribution >= 0.6 is 0 Å². The average molecular weight is 211 g/mol. The molecule has 0 amide bonds. The van der Waals surface area contributed by atoms with Crippen molar-refractivity contribution in [2.45, 2.75) is 20.0 Å². The van der Waals surface area contributed by atoms with Crippen molar-refractivity contribution in [2.24, 2.45) is 5.18 Å². The molecule has 0 fully saturated rings. The van der Waals surface area contributed by atoms with Crippen molar-refractivity contribution in [1.82, 2.24) is 9.97 Å². The summed E-state index contributed by atoms with van der Waals surface area (Å²) in [5.74, 6) is 0.382. The van der Waals surface area contributed by atoms with Gasteiger partial charge in [-0.3, -0.25) is 0 Å². The monoisotopic (exact) mass is 211 g/mol. The first kappa shape index (κ1) is 11.2. The molecule has 0 aliphatic carbocycles. The Morgan fingerprint density at radius 1 is 1.47 bits per heavy atom. The summed E-state index contributed by atoms with van der Waals surface area (Å²) in [5, 5.41) is 5.51. The lowest BCUT2D eigenvalue weighted by molar-refractivity contribution is 0.234. The number of nitroso groups, excluding NO2 is 1. The van der Waals surface area contributed by atoms with E-state index < -0.39 is 0 Å². The number of aromatic nitrogens is 2. The molecule has 82 valence electrons. The minimum absolute atomic E-state index is 0.0281. The first-order valence-electron chi connectivity index (χ1n) is 4.43. The van der Waals surface area contributed by atoms with Gasteiger partial charge < -0.3 is 15.8 Å². The average Bonchev–Trinajstić information content (AvgIpc) is 2.15. The van der Waals surface area contributed by atoms with Crippen LogP contribution in [0.4, 0.5) is 17.5 Å². The number of nitrogen functional groups attached to an aromatic ring is 1. The Labute approximate surface area is 87.0 Å². The predicted molar refractivity (Wildman–Crippen MR) is 57.2 cm³/mol. The standard InChI is InChI=1S/C8H13N5O2/c1-4(2)15-7-5(13-14)6(10-3)11-8(9)12-7/h4H,1-3H3,(H3,9,10,11,12). The summed E-state index contributed by atoms with van der Waals surface area (Å²) < 4.78 is 5.29. The van der Waals surface area contributed by atoms with Crippen LogP contribution in [0.25, 0.3) is 0 Å². The minimum atomic E-state index is -0.121. The lowest BCUT2D eigenvalue weighted by Gasteiger charge is -2.11. The van der Waals surface area contributed by atoms with Crippen LogP contribution in [0.3, 0.4) is 0 Å². The van der Waals surface area contributed by atoms with Crippen molar-refractivity contribution in [2.75, 3.05) is 18.1 Å². The minimum Gasteiger partial charge on any atom is -0.473 e. The van der Waals surface area contributed by atoms with Crippen molar-refractivity contribution in [3.63, 3.8) is 0 Å². The molecule has 7 nitrogen and oxygen atoms in total. The largest absolute Gasteiger partial charge is 0.473 e. The number of hydrogen-bond acceptors (Lipinski definition) is 7. The number of ether oxygens (including phenoxy) is 1. The second kappa shape index (κ2) is 4.54. The molecular weight excluding hydrogens is 198 g/mol. The van der Waals surface area contributed by atoms with Gasteiger partial charge >= 0.3 is 0 Å². The molecular formula is C8H13N5O2. The van der Waals surface area contributed by atoms with E-state index in [1.807, 2.05) is 13.8 Å². The molecule has 0 atom stereocenters. The van der Waals surface area contributed by atoms with Gasteiger partial charge in [-0.25, -0.2) is 0 Å². The van der Waals surface area contributed by atoms with Gasteiger partial charge in [0.25, 0.3) is 5.88 Å².